The fourth-order valence-corrected chi connectivity index (χ4v) is 2.41. The lowest BCUT2D eigenvalue weighted by Crippen LogP contribution is -2.11. The lowest BCUT2D eigenvalue weighted by molar-refractivity contribution is -0.136. The zero-order valence-electron chi connectivity index (χ0n) is 10.9. The zero-order valence-corrected chi connectivity index (χ0v) is 11.7. The molecule has 6 heteroatoms. The number of aromatic nitrogens is 1. The molecule has 1 aromatic carbocycles. The van der Waals surface area contributed by atoms with Crippen LogP contribution >= 0.6 is 11.3 Å². The van der Waals surface area contributed by atoms with Crippen LogP contribution in [0.25, 0.3) is 0 Å². The van der Waals surface area contributed by atoms with Crippen LogP contribution < -0.4 is 5.32 Å². The Labute approximate surface area is 120 Å². The lowest BCUT2D eigenvalue weighted by atomic mass is 10.1. The smallest absolute Gasteiger partial charge is 0.303 e. The first-order valence-electron chi connectivity index (χ1n) is 6.08. The number of rotatable bonds is 5. The highest BCUT2D eigenvalue weighted by Gasteiger charge is 2.11. The maximum Gasteiger partial charge on any atom is 0.303 e. The monoisotopic (exact) mass is 290 g/mol. The van der Waals surface area contributed by atoms with Crippen molar-refractivity contribution in [3.8, 4) is 0 Å². The van der Waals surface area contributed by atoms with Gasteiger partial charge in [0.1, 0.15) is 4.88 Å². The van der Waals surface area contributed by atoms with Gasteiger partial charge in [-0.15, -0.1) is 11.3 Å². The van der Waals surface area contributed by atoms with E-state index in [4.69, 9.17) is 5.11 Å². The van der Waals surface area contributed by atoms with E-state index in [0.29, 0.717) is 22.7 Å². The Bertz CT molecular complexity index is 620. The third-order valence-corrected chi connectivity index (χ3v) is 3.72. The summed E-state index contributed by atoms with van der Waals surface area (Å²) in [6.45, 7) is 1.79. The van der Waals surface area contributed by atoms with Crippen LogP contribution in [0.3, 0.4) is 0 Å². The van der Waals surface area contributed by atoms with Crippen molar-refractivity contribution in [1.29, 1.82) is 0 Å². The van der Waals surface area contributed by atoms with Gasteiger partial charge in [0.2, 0.25) is 0 Å². The van der Waals surface area contributed by atoms with E-state index in [1.54, 1.807) is 24.6 Å². The second kappa shape index (κ2) is 6.29. The van der Waals surface area contributed by atoms with Gasteiger partial charge in [-0.1, -0.05) is 12.1 Å². The molecule has 0 fully saturated rings. The van der Waals surface area contributed by atoms with Gasteiger partial charge in [-0.2, -0.15) is 0 Å². The Morgan fingerprint density at radius 1 is 1.30 bits per heavy atom. The molecule has 1 heterocycles. The maximum absolute atomic E-state index is 12.0. The first-order chi connectivity index (χ1) is 9.56. The minimum absolute atomic E-state index is 0.103. The molecule has 20 heavy (non-hydrogen) atoms. The van der Waals surface area contributed by atoms with E-state index in [1.165, 1.54) is 11.3 Å². The molecule has 104 valence electrons. The van der Waals surface area contributed by atoms with Gasteiger partial charge in [0.15, 0.2) is 0 Å². The number of hydrogen-bond acceptors (Lipinski definition) is 4. The highest BCUT2D eigenvalue weighted by atomic mass is 32.1. The molecule has 0 bridgehead atoms. The van der Waals surface area contributed by atoms with Crippen molar-refractivity contribution in [2.75, 3.05) is 5.32 Å². The molecule has 0 saturated carbocycles. The van der Waals surface area contributed by atoms with Crippen molar-refractivity contribution in [1.82, 2.24) is 4.98 Å². The van der Waals surface area contributed by atoms with E-state index in [1.807, 2.05) is 12.1 Å². The average Bonchev–Trinajstić information content (AvgIpc) is 2.84. The zero-order chi connectivity index (χ0) is 14.5. The summed E-state index contributed by atoms with van der Waals surface area (Å²) in [7, 11) is 0. The number of anilines is 1. The molecule has 0 saturated heterocycles. The summed E-state index contributed by atoms with van der Waals surface area (Å²) in [5.74, 6) is -0.994. The first kappa shape index (κ1) is 14.2. The largest absolute Gasteiger partial charge is 0.481 e. The number of carboxylic acids is 1. The van der Waals surface area contributed by atoms with Crippen LogP contribution in [0, 0.1) is 6.92 Å². The summed E-state index contributed by atoms with van der Waals surface area (Å²) in [5, 5.41) is 11.4. The molecule has 0 radical (unpaired) electrons. The van der Waals surface area contributed by atoms with Crippen molar-refractivity contribution < 1.29 is 14.7 Å². The highest BCUT2D eigenvalue weighted by molar-refractivity contribution is 7.12. The van der Waals surface area contributed by atoms with E-state index in [2.05, 4.69) is 10.3 Å². The minimum atomic E-state index is -0.817. The molecular formula is C14H14N2O3S. The standard InChI is InChI=1S/C14H14N2O3S/c1-9-13(20-8-15-9)14(19)16-11-5-2-10(3-6-11)4-7-12(17)18/h2-3,5-6,8H,4,7H2,1H3,(H,16,19)(H,17,18). The maximum atomic E-state index is 12.0. The molecule has 2 N–H and O–H groups in total. The second-order valence-corrected chi connectivity index (χ2v) is 5.17. The number of aliphatic carboxylic acids is 1. The van der Waals surface area contributed by atoms with E-state index >= 15 is 0 Å². The normalized spacial score (nSPS) is 10.2. The predicted molar refractivity (Wildman–Crippen MR) is 77.2 cm³/mol. The number of carbonyl (C=O) groups excluding carboxylic acids is 1. The van der Waals surface area contributed by atoms with Crippen LogP contribution in [0.1, 0.15) is 27.3 Å². The fourth-order valence-electron chi connectivity index (χ4n) is 1.71. The Kier molecular flexibility index (Phi) is 4.47. The summed E-state index contributed by atoms with van der Waals surface area (Å²) in [5.41, 5.74) is 3.96. The van der Waals surface area contributed by atoms with Crippen molar-refractivity contribution >= 4 is 28.9 Å². The van der Waals surface area contributed by atoms with Gasteiger partial charge in [0, 0.05) is 12.1 Å². The first-order valence-corrected chi connectivity index (χ1v) is 6.96. The Balaban J connectivity index is 1.99. The average molecular weight is 290 g/mol. The van der Waals surface area contributed by atoms with Gasteiger partial charge in [-0.25, -0.2) is 4.98 Å². The van der Waals surface area contributed by atoms with Crippen LogP contribution in [-0.2, 0) is 11.2 Å². The summed E-state index contributed by atoms with van der Waals surface area (Å²) >= 11 is 1.30. The molecule has 0 spiro atoms. The fraction of sp³-hybridized carbons (Fsp3) is 0.214. The SMILES string of the molecule is Cc1ncsc1C(=O)Nc1ccc(CCC(=O)O)cc1. The van der Waals surface area contributed by atoms with Gasteiger partial charge >= 0.3 is 5.97 Å². The number of benzene rings is 1. The molecule has 0 atom stereocenters. The Hall–Kier alpha value is -2.21. The number of carbonyl (C=O) groups is 2. The molecule has 0 unspecified atom stereocenters. The number of thiazole rings is 1. The minimum Gasteiger partial charge on any atom is -0.481 e. The van der Waals surface area contributed by atoms with Gasteiger partial charge in [-0.05, 0) is 31.0 Å². The lowest BCUT2D eigenvalue weighted by Gasteiger charge is -2.05. The third-order valence-electron chi connectivity index (χ3n) is 2.79. The molecule has 0 aliphatic heterocycles. The molecule has 0 aliphatic carbocycles. The predicted octanol–water partition coefficient (Wildman–Crippen LogP) is 2.72. The van der Waals surface area contributed by atoms with Gasteiger partial charge in [-0.3, -0.25) is 9.59 Å². The molecular weight excluding hydrogens is 276 g/mol. The second-order valence-electron chi connectivity index (χ2n) is 4.31. The van der Waals surface area contributed by atoms with E-state index in [-0.39, 0.29) is 12.3 Å². The van der Waals surface area contributed by atoms with Gasteiger partial charge in [0.05, 0.1) is 11.2 Å². The summed E-state index contributed by atoms with van der Waals surface area (Å²) in [6.07, 6.45) is 0.587. The van der Waals surface area contributed by atoms with E-state index < -0.39 is 5.97 Å². The van der Waals surface area contributed by atoms with Gasteiger partial charge in [0.25, 0.3) is 5.91 Å². The quantitative estimate of drug-likeness (QED) is 0.887. The molecule has 1 amide bonds. The molecule has 2 aromatic rings. The number of amides is 1. The highest BCUT2D eigenvalue weighted by Crippen LogP contribution is 2.16. The van der Waals surface area contributed by atoms with Crippen LogP contribution in [0.2, 0.25) is 0 Å². The number of nitrogens with one attached hydrogen (secondary N) is 1. The number of nitrogens with zero attached hydrogens (tertiary/aromatic N) is 1. The summed E-state index contributed by atoms with van der Waals surface area (Å²) in [6, 6.07) is 7.17. The summed E-state index contributed by atoms with van der Waals surface area (Å²) in [4.78, 5) is 27.1. The van der Waals surface area contributed by atoms with Crippen LogP contribution in [0.4, 0.5) is 5.69 Å². The molecule has 0 aliphatic rings. The topological polar surface area (TPSA) is 79.3 Å². The molecule has 1 aromatic heterocycles. The number of carboxylic acid groups (broad SMARTS) is 1. The van der Waals surface area contributed by atoms with Crippen molar-refractivity contribution in [3.05, 3.63) is 45.9 Å². The molecule has 5 nitrogen and oxygen atoms in total. The Morgan fingerprint density at radius 2 is 2.00 bits per heavy atom. The number of hydrogen-bond donors (Lipinski definition) is 2. The van der Waals surface area contributed by atoms with Crippen LogP contribution in [-0.4, -0.2) is 22.0 Å². The van der Waals surface area contributed by atoms with Crippen molar-refractivity contribution in [2.24, 2.45) is 0 Å². The van der Waals surface area contributed by atoms with E-state index in [9.17, 15) is 9.59 Å². The summed E-state index contributed by atoms with van der Waals surface area (Å²) < 4.78 is 0. The van der Waals surface area contributed by atoms with Gasteiger partial charge < -0.3 is 10.4 Å². The van der Waals surface area contributed by atoms with E-state index in [0.717, 1.165) is 5.56 Å². The Morgan fingerprint density at radius 3 is 2.55 bits per heavy atom. The number of aryl methyl sites for hydroxylation is 2. The van der Waals surface area contributed by atoms with Crippen molar-refractivity contribution in [2.45, 2.75) is 19.8 Å². The van der Waals surface area contributed by atoms with Crippen molar-refractivity contribution in [3.63, 3.8) is 0 Å². The molecule has 2 rings (SSSR count). The van der Waals surface area contributed by atoms with Crippen LogP contribution in [0.5, 0.6) is 0 Å². The third kappa shape index (κ3) is 3.64. The van der Waals surface area contributed by atoms with Crippen LogP contribution in [0.15, 0.2) is 29.8 Å².